The van der Waals surface area contributed by atoms with Gasteiger partial charge in [-0.25, -0.2) is 9.79 Å². The molecule has 2 aromatic carbocycles. The van der Waals surface area contributed by atoms with Gasteiger partial charge in [0.1, 0.15) is 0 Å². The quantitative estimate of drug-likeness (QED) is 0.353. The lowest BCUT2D eigenvalue weighted by molar-refractivity contribution is -0.384. The first kappa shape index (κ1) is 16.2. The van der Waals surface area contributed by atoms with Gasteiger partial charge in [-0.1, -0.05) is 29.3 Å². The molecule has 0 N–H and O–H groups in total. The molecule has 0 atom stereocenters. The normalized spacial score (nSPS) is 15.3. The fourth-order valence-corrected chi connectivity index (χ4v) is 2.32. The summed E-state index contributed by atoms with van der Waals surface area (Å²) in [4.78, 5) is 26.2. The van der Waals surface area contributed by atoms with Gasteiger partial charge in [-0.3, -0.25) is 10.1 Å². The number of hydrogen-bond acceptors (Lipinski definition) is 5. The minimum Gasteiger partial charge on any atom is -0.402 e. The van der Waals surface area contributed by atoms with Crippen molar-refractivity contribution in [2.45, 2.75) is 0 Å². The lowest BCUT2D eigenvalue weighted by atomic mass is 10.2. The zero-order valence-electron chi connectivity index (χ0n) is 11.9. The van der Waals surface area contributed by atoms with Crippen molar-refractivity contribution in [1.82, 2.24) is 0 Å². The van der Waals surface area contributed by atoms with Gasteiger partial charge >= 0.3 is 5.97 Å². The highest BCUT2D eigenvalue weighted by Gasteiger charge is 2.24. The lowest BCUT2D eigenvalue weighted by Crippen LogP contribution is -2.05. The number of ether oxygens (including phenoxy) is 1. The predicted octanol–water partition coefficient (Wildman–Crippen LogP) is 4.25. The third kappa shape index (κ3) is 3.29. The summed E-state index contributed by atoms with van der Waals surface area (Å²) in [5.74, 6) is -0.532. The van der Waals surface area contributed by atoms with Crippen LogP contribution in [0.3, 0.4) is 0 Å². The molecule has 2 aromatic rings. The Morgan fingerprint density at radius 3 is 2.42 bits per heavy atom. The fourth-order valence-electron chi connectivity index (χ4n) is 2.02. The summed E-state index contributed by atoms with van der Waals surface area (Å²) < 4.78 is 5.10. The highest BCUT2D eigenvalue weighted by molar-refractivity contribution is 6.42. The van der Waals surface area contributed by atoms with Gasteiger partial charge in [-0.2, -0.15) is 0 Å². The van der Waals surface area contributed by atoms with Crippen molar-refractivity contribution in [3.05, 3.63) is 79.4 Å². The summed E-state index contributed by atoms with van der Waals surface area (Å²) in [5, 5.41) is 11.4. The fraction of sp³-hybridized carbons (Fsp3) is 0. The van der Waals surface area contributed by atoms with Crippen LogP contribution in [0.5, 0.6) is 0 Å². The summed E-state index contributed by atoms with van der Waals surface area (Å²) in [7, 11) is 0. The number of non-ortho nitro benzene ring substituents is 1. The van der Waals surface area contributed by atoms with E-state index in [2.05, 4.69) is 4.99 Å². The number of esters is 1. The number of nitro benzene ring substituents is 1. The van der Waals surface area contributed by atoms with Gasteiger partial charge in [0.25, 0.3) is 5.69 Å². The van der Waals surface area contributed by atoms with E-state index in [1.54, 1.807) is 18.2 Å². The molecule has 0 aliphatic carbocycles. The number of carbonyl (C=O) groups excluding carboxylic acids is 1. The number of rotatable bonds is 3. The van der Waals surface area contributed by atoms with E-state index in [1.165, 1.54) is 30.3 Å². The van der Waals surface area contributed by atoms with Gasteiger partial charge in [0.2, 0.25) is 5.90 Å². The van der Waals surface area contributed by atoms with E-state index in [-0.39, 0.29) is 17.3 Å². The first-order valence-electron chi connectivity index (χ1n) is 6.66. The lowest BCUT2D eigenvalue weighted by Gasteiger charge is -1.98. The van der Waals surface area contributed by atoms with Crippen molar-refractivity contribution in [3.63, 3.8) is 0 Å². The van der Waals surface area contributed by atoms with Crippen LogP contribution in [0.25, 0.3) is 6.08 Å². The number of benzene rings is 2. The highest BCUT2D eigenvalue weighted by Crippen LogP contribution is 2.25. The monoisotopic (exact) mass is 362 g/mol. The van der Waals surface area contributed by atoms with Crippen LogP contribution in [-0.4, -0.2) is 16.8 Å². The van der Waals surface area contributed by atoms with Crippen LogP contribution < -0.4 is 0 Å². The van der Waals surface area contributed by atoms with E-state index in [9.17, 15) is 14.9 Å². The molecule has 120 valence electrons. The molecule has 0 aromatic heterocycles. The van der Waals surface area contributed by atoms with Crippen molar-refractivity contribution >= 4 is 46.8 Å². The van der Waals surface area contributed by atoms with Crippen LogP contribution in [0, 0.1) is 10.1 Å². The second kappa shape index (κ2) is 6.43. The smallest absolute Gasteiger partial charge is 0.363 e. The standard InChI is InChI=1S/C16H8Cl2N2O4/c17-12-6-1-9(7-13(12)18)8-14-16(21)24-15(19-14)10-2-4-11(5-3-10)20(22)23/h1-8H. The average Bonchev–Trinajstić information content (AvgIpc) is 2.92. The molecule has 0 bridgehead atoms. The van der Waals surface area contributed by atoms with E-state index in [0.717, 1.165) is 0 Å². The Morgan fingerprint density at radius 2 is 1.79 bits per heavy atom. The van der Waals surface area contributed by atoms with Crippen LogP contribution in [0.1, 0.15) is 11.1 Å². The van der Waals surface area contributed by atoms with Crippen molar-refractivity contribution in [2.75, 3.05) is 0 Å². The summed E-state index contributed by atoms with van der Waals surface area (Å²) in [5.41, 5.74) is 1.15. The van der Waals surface area contributed by atoms with Gasteiger partial charge in [0, 0.05) is 17.7 Å². The third-order valence-corrected chi connectivity index (χ3v) is 3.93. The number of aliphatic imine (C=N–C) groups is 1. The Bertz CT molecular complexity index is 905. The molecule has 0 amide bonds. The van der Waals surface area contributed by atoms with Gasteiger partial charge in [-0.15, -0.1) is 0 Å². The van der Waals surface area contributed by atoms with E-state index in [1.807, 2.05) is 0 Å². The summed E-state index contributed by atoms with van der Waals surface area (Å²) >= 11 is 11.8. The first-order valence-corrected chi connectivity index (χ1v) is 7.42. The molecule has 6 nitrogen and oxygen atoms in total. The van der Waals surface area contributed by atoms with Gasteiger partial charge in [0.05, 0.1) is 15.0 Å². The molecule has 1 heterocycles. The van der Waals surface area contributed by atoms with Crippen LogP contribution in [0.2, 0.25) is 10.0 Å². The maximum Gasteiger partial charge on any atom is 0.363 e. The van der Waals surface area contributed by atoms with Gasteiger partial charge < -0.3 is 4.74 Å². The van der Waals surface area contributed by atoms with Crippen molar-refractivity contribution < 1.29 is 14.5 Å². The van der Waals surface area contributed by atoms with Gasteiger partial charge in [-0.05, 0) is 35.9 Å². The van der Waals surface area contributed by atoms with Crippen LogP contribution in [0.4, 0.5) is 5.69 Å². The molecule has 0 radical (unpaired) electrons. The molecule has 0 fully saturated rings. The molecule has 0 spiro atoms. The van der Waals surface area contributed by atoms with Crippen LogP contribution in [0.15, 0.2) is 53.2 Å². The number of carbonyl (C=O) groups is 1. The zero-order chi connectivity index (χ0) is 17.3. The molecule has 1 aliphatic rings. The molecule has 3 rings (SSSR count). The molecule has 0 unspecified atom stereocenters. The number of halogens is 2. The second-order valence-electron chi connectivity index (χ2n) is 4.81. The van der Waals surface area contributed by atoms with Gasteiger partial charge in [0.15, 0.2) is 5.70 Å². The largest absolute Gasteiger partial charge is 0.402 e. The Labute approximate surface area is 146 Å². The third-order valence-electron chi connectivity index (χ3n) is 3.19. The van der Waals surface area contributed by atoms with E-state index in [4.69, 9.17) is 27.9 Å². The van der Waals surface area contributed by atoms with Crippen LogP contribution in [-0.2, 0) is 9.53 Å². The minimum absolute atomic E-state index is 0.0600. The highest BCUT2D eigenvalue weighted by atomic mass is 35.5. The average molecular weight is 363 g/mol. The number of nitrogens with zero attached hydrogens (tertiary/aromatic N) is 2. The Kier molecular flexibility index (Phi) is 4.33. The predicted molar refractivity (Wildman–Crippen MR) is 90.2 cm³/mol. The minimum atomic E-state index is -0.616. The summed E-state index contributed by atoms with van der Waals surface area (Å²) in [6, 6.07) is 10.5. The molecule has 8 heteroatoms. The SMILES string of the molecule is O=C1OC(c2ccc([N+](=O)[O-])cc2)=NC1=Cc1ccc(Cl)c(Cl)c1. The summed E-state index contributed by atoms with van der Waals surface area (Å²) in [6.45, 7) is 0. The van der Waals surface area contributed by atoms with E-state index >= 15 is 0 Å². The summed E-state index contributed by atoms with van der Waals surface area (Å²) in [6.07, 6.45) is 1.52. The molecule has 24 heavy (non-hydrogen) atoms. The molecular formula is C16H8Cl2N2O4. The van der Waals surface area contributed by atoms with Crippen molar-refractivity contribution in [3.8, 4) is 0 Å². The maximum absolute atomic E-state index is 11.9. The second-order valence-corrected chi connectivity index (χ2v) is 5.63. The van der Waals surface area contributed by atoms with E-state index in [0.29, 0.717) is 21.2 Å². The molecule has 0 saturated carbocycles. The van der Waals surface area contributed by atoms with Crippen molar-refractivity contribution in [1.29, 1.82) is 0 Å². The number of nitro groups is 1. The number of cyclic esters (lactones) is 1. The molecule has 0 saturated heterocycles. The Hall–Kier alpha value is -2.70. The topological polar surface area (TPSA) is 81.8 Å². The Balaban J connectivity index is 1.90. The Morgan fingerprint density at radius 1 is 1.08 bits per heavy atom. The van der Waals surface area contributed by atoms with Crippen molar-refractivity contribution in [2.24, 2.45) is 4.99 Å². The number of hydrogen-bond donors (Lipinski definition) is 0. The van der Waals surface area contributed by atoms with E-state index < -0.39 is 10.9 Å². The zero-order valence-corrected chi connectivity index (χ0v) is 13.4. The van der Waals surface area contributed by atoms with Crippen LogP contribution >= 0.6 is 23.2 Å². The first-order chi connectivity index (χ1) is 11.4. The molecular weight excluding hydrogens is 355 g/mol. The maximum atomic E-state index is 11.9. The molecule has 1 aliphatic heterocycles.